The molecule has 5 nitrogen and oxygen atoms in total. The normalized spacial score (nSPS) is 20.1. The summed E-state index contributed by atoms with van der Waals surface area (Å²) in [6, 6.07) is 0.498. The molecule has 1 aliphatic heterocycles. The number of nitrogens with zero attached hydrogens (tertiary/aromatic N) is 3. The average molecular weight is 249 g/mol. The molecule has 1 aromatic rings. The van der Waals surface area contributed by atoms with E-state index in [9.17, 15) is 0 Å². The van der Waals surface area contributed by atoms with Crippen LogP contribution in [0.25, 0.3) is 0 Å². The van der Waals surface area contributed by atoms with Gasteiger partial charge in [-0.3, -0.25) is 0 Å². The average Bonchev–Trinajstić information content (AvgIpc) is 2.71. The second kappa shape index (κ2) is 5.52. The van der Waals surface area contributed by atoms with E-state index < -0.39 is 0 Å². The summed E-state index contributed by atoms with van der Waals surface area (Å²) in [5.41, 5.74) is 1.11. The standard InChI is InChI=1S/C13H23N5/c1-5-14-12-9(2)13(16-10(3)15-12)17-11-6-7-18(4)8-11/h11H,5-8H2,1-4H3,(H2,14,15,16,17). The molecule has 1 aromatic heterocycles. The maximum absolute atomic E-state index is 4.52. The van der Waals surface area contributed by atoms with Gasteiger partial charge in [0.2, 0.25) is 0 Å². The Bertz CT molecular complexity index is 418. The van der Waals surface area contributed by atoms with E-state index in [0.29, 0.717) is 6.04 Å². The summed E-state index contributed by atoms with van der Waals surface area (Å²) in [5.74, 6) is 2.73. The maximum atomic E-state index is 4.52. The first-order valence-corrected chi connectivity index (χ1v) is 6.64. The summed E-state index contributed by atoms with van der Waals surface area (Å²) in [6.45, 7) is 9.20. The lowest BCUT2D eigenvalue weighted by atomic mass is 10.2. The van der Waals surface area contributed by atoms with Crippen molar-refractivity contribution in [3.8, 4) is 0 Å². The van der Waals surface area contributed by atoms with E-state index in [1.807, 2.05) is 6.92 Å². The first-order valence-electron chi connectivity index (χ1n) is 6.64. The number of hydrogen-bond donors (Lipinski definition) is 2. The quantitative estimate of drug-likeness (QED) is 0.849. The van der Waals surface area contributed by atoms with Crippen LogP contribution in [0.2, 0.25) is 0 Å². The lowest BCUT2D eigenvalue weighted by Crippen LogP contribution is -2.25. The molecule has 1 atom stereocenters. The molecule has 100 valence electrons. The fourth-order valence-electron chi connectivity index (χ4n) is 2.35. The molecular weight excluding hydrogens is 226 g/mol. The Hall–Kier alpha value is -1.36. The lowest BCUT2D eigenvalue weighted by molar-refractivity contribution is 0.414. The summed E-state index contributed by atoms with van der Waals surface area (Å²) < 4.78 is 0. The van der Waals surface area contributed by atoms with Crippen molar-refractivity contribution >= 4 is 11.6 Å². The minimum atomic E-state index is 0.498. The monoisotopic (exact) mass is 249 g/mol. The summed E-state index contributed by atoms with van der Waals surface area (Å²) in [6.07, 6.45) is 1.18. The molecule has 18 heavy (non-hydrogen) atoms. The van der Waals surface area contributed by atoms with Crippen LogP contribution in [-0.2, 0) is 0 Å². The minimum Gasteiger partial charge on any atom is -0.370 e. The minimum absolute atomic E-state index is 0.498. The summed E-state index contributed by atoms with van der Waals surface area (Å²) in [4.78, 5) is 11.3. The molecule has 1 unspecified atom stereocenters. The van der Waals surface area contributed by atoms with Gasteiger partial charge in [0.25, 0.3) is 0 Å². The van der Waals surface area contributed by atoms with Gasteiger partial charge < -0.3 is 15.5 Å². The Morgan fingerprint density at radius 3 is 2.61 bits per heavy atom. The van der Waals surface area contributed by atoms with Crippen LogP contribution in [0.4, 0.5) is 11.6 Å². The number of aryl methyl sites for hydroxylation is 1. The molecule has 0 aromatic carbocycles. The smallest absolute Gasteiger partial charge is 0.135 e. The first kappa shape index (κ1) is 13.1. The fourth-order valence-corrected chi connectivity index (χ4v) is 2.35. The summed E-state index contributed by atoms with van der Waals surface area (Å²) in [7, 11) is 2.16. The van der Waals surface area contributed by atoms with Crippen molar-refractivity contribution in [3.05, 3.63) is 11.4 Å². The van der Waals surface area contributed by atoms with E-state index in [1.165, 1.54) is 6.42 Å². The molecular formula is C13H23N5. The van der Waals surface area contributed by atoms with Crippen LogP contribution >= 0.6 is 0 Å². The van der Waals surface area contributed by atoms with Crippen molar-refractivity contribution in [1.29, 1.82) is 0 Å². The second-order valence-electron chi connectivity index (χ2n) is 5.02. The number of likely N-dealkylation sites (tertiary alicyclic amines) is 1. The van der Waals surface area contributed by atoms with Crippen LogP contribution in [0, 0.1) is 13.8 Å². The molecule has 1 saturated heterocycles. The SMILES string of the molecule is CCNc1nc(C)nc(NC2CCN(C)C2)c1C. The molecule has 0 bridgehead atoms. The van der Waals surface area contributed by atoms with Gasteiger partial charge in [0.15, 0.2) is 0 Å². The molecule has 0 spiro atoms. The molecule has 2 rings (SSSR count). The van der Waals surface area contributed by atoms with Crippen LogP contribution < -0.4 is 10.6 Å². The number of nitrogens with one attached hydrogen (secondary N) is 2. The van der Waals surface area contributed by atoms with Crippen LogP contribution in [0.1, 0.15) is 24.7 Å². The Morgan fingerprint density at radius 1 is 1.28 bits per heavy atom. The molecule has 0 aliphatic carbocycles. The van der Waals surface area contributed by atoms with Gasteiger partial charge in [-0.05, 0) is 40.8 Å². The van der Waals surface area contributed by atoms with E-state index in [-0.39, 0.29) is 0 Å². The largest absolute Gasteiger partial charge is 0.370 e. The third kappa shape index (κ3) is 2.90. The predicted octanol–water partition coefficient (Wildman–Crippen LogP) is 1.64. The van der Waals surface area contributed by atoms with Crippen molar-refractivity contribution < 1.29 is 0 Å². The van der Waals surface area contributed by atoms with Crippen LogP contribution in [0.5, 0.6) is 0 Å². The zero-order valence-electron chi connectivity index (χ0n) is 11.7. The number of rotatable bonds is 4. The number of aromatic nitrogens is 2. The molecule has 5 heteroatoms. The second-order valence-corrected chi connectivity index (χ2v) is 5.02. The zero-order chi connectivity index (χ0) is 13.1. The highest BCUT2D eigenvalue weighted by Crippen LogP contribution is 2.22. The Balaban J connectivity index is 2.16. The van der Waals surface area contributed by atoms with Gasteiger partial charge in [-0.2, -0.15) is 0 Å². The topological polar surface area (TPSA) is 53.1 Å². The summed E-state index contributed by atoms with van der Waals surface area (Å²) in [5, 5.41) is 6.84. The van der Waals surface area contributed by atoms with Gasteiger partial charge in [-0.1, -0.05) is 0 Å². The van der Waals surface area contributed by atoms with Gasteiger partial charge in [0.05, 0.1) is 0 Å². The van der Waals surface area contributed by atoms with Crippen molar-refractivity contribution in [1.82, 2.24) is 14.9 Å². The molecule has 2 N–H and O–H groups in total. The van der Waals surface area contributed by atoms with Gasteiger partial charge in [-0.15, -0.1) is 0 Å². The molecule has 1 aliphatic rings. The van der Waals surface area contributed by atoms with Crippen LogP contribution in [-0.4, -0.2) is 47.6 Å². The maximum Gasteiger partial charge on any atom is 0.135 e. The highest BCUT2D eigenvalue weighted by Gasteiger charge is 2.20. The van der Waals surface area contributed by atoms with Crippen molar-refractivity contribution in [2.45, 2.75) is 33.2 Å². The Labute approximate surface area is 109 Å². The van der Waals surface area contributed by atoms with Gasteiger partial charge in [-0.25, -0.2) is 9.97 Å². The lowest BCUT2D eigenvalue weighted by Gasteiger charge is -2.17. The van der Waals surface area contributed by atoms with E-state index in [2.05, 4.69) is 46.4 Å². The molecule has 0 saturated carbocycles. The van der Waals surface area contributed by atoms with Gasteiger partial charge >= 0.3 is 0 Å². The van der Waals surface area contributed by atoms with Crippen molar-refractivity contribution in [3.63, 3.8) is 0 Å². The van der Waals surface area contributed by atoms with E-state index >= 15 is 0 Å². The molecule has 0 radical (unpaired) electrons. The number of hydrogen-bond acceptors (Lipinski definition) is 5. The van der Waals surface area contributed by atoms with E-state index in [1.54, 1.807) is 0 Å². The molecule has 1 fully saturated rings. The fraction of sp³-hybridized carbons (Fsp3) is 0.692. The van der Waals surface area contributed by atoms with Crippen LogP contribution in [0.15, 0.2) is 0 Å². The van der Waals surface area contributed by atoms with Gasteiger partial charge in [0.1, 0.15) is 17.5 Å². The Morgan fingerprint density at radius 2 is 2.00 bits per heavy atom. The highest BCUT2D eigenvalue weighted by molar-refractivity contribution is 5.57. The Kier molecular flexibility index (Phi) is 4.01. The van der Waals surface area contributed by atoms with Crippen molar-refractivity contribution in [2.24, 2.45) is 0 Å². The summed E-state index contributed by atoms with van der Waals surface area (Å²) >= 11 is 0. The third-order valence-electron chi connectivity index (χ3n) is 3.33. The zero-order valence-corrected chi connectivity index (χ0v) is 11.7. The molecule has 2 heterocycles. The first-order chi connectivity index (χ1) is 8.60. The number of anilines is 2. The molecule has 0 amide bonds. The van der Waals surface area contributed by atoms with E-state index in [4.69, 9.17) is 0 Å². The highest BCUT2D eigenvalue weighted by atomic mass is 15.2. The predicted molar refractivity (Wildman–Crippen MR) is 75.2 cm³/mol. The van der Waals surface area contributed by atoms with E-state index in [0.717, 1.165) is 42.7 Å². The van der Waals surface area contributed by atoms with Crippen LogP contribution in [0.3, 0.4) is 0 Å². The van der Waals surface area contributed by atoms with Crippen molar-refractivity contribution in [2.75, 3.05) is 37.3 Å². The number of likely N-dealkylation sites (N-methyl/N-ethyl adjacent to an activating group) is 1. The third-order valence-corrected chi connectivity index (χ3v) is 3.33. The van der Waals surface area contributed by atoms with Gasteiger partial charge in [0, 0.05) is 24.7 Å².